The van der Waals surface area contributed by atoms with Gasteiger partial charge in [-0.15, -0.1) is 0 Å². The minimum atomic E-state index is -0.924. The Balaban J connectivity index is 2.34. The number of halogens is 1. The van der Waals surface area contributed by atoms with E-state index in [1.54, 1.807) is 6.07 Å². The maximum absolute atomic E-state index is 13.1. The van der Waals surface area contributed by atoms with Crippen molar-refractivity contribution >= 4 is 6.09 Å². The predicted molar refractivity (Wildman–Crippen MR) is 66.1 cm³/mol. The van der Waals surface area contributed by atoms with E-state index in [1.807, 2.05) is 6.92 Å². The van der Waals surface area contributed by atoms with Crippen molar-refractivity contribution in [3.8, 4) is 0 Å². The second-order valence-corrected chi connectivity index (χ2v) is 4.53. The third kappa shape index (κ3) is 2.61. The maximum atomic E-state index is 13.1. The molecule has 1 aromatic carbocycles. The molecule has 1 atom stereocenters. The highest BCUT2D eigenvalue weighted by molar-refractivity contribution is 5.66. The molecule has 0 aromatic heterocycles. The van der Waals surface area contributed by atoms with Gasteiger partial charge in [-0.25, -0.2) is 9.18 Å². The topological polar surface area (TPSA) is 52.6 Å². The van der Waals surface area contributed by atoms with Gasteiger partial charge < -0.3 is 10.4 Å². The first-order valence-electron chi connectivity index (χ1n) is 6.06. The Kier molecular flexibility index (Phi) is 3.81. The molecule has 1 heterocycles. The molecule has 1 aromatic rings. The van der Waals surface area contributed by atoms with Gasteiger partial charge in [-0.05, 0) is 43.1 Å². The van der Waals surface area contributed by atoms with Gasteiger partial charge in [0.05, 0.1) is 6.04 Å². The molecular weight excluding hydrogens is 235 g/mol. The van der Waals surface area contributed by atoms with Crippen LogP contribution in [0.3, 0.4) is 0 Å². The van der Waals surface area contributed by atoms with E-state index in [-0.39, 0.29) is 11.9 Å². The number of hydrogen-bond donors (Lipinski definition) is 2. The zero-order valence-corrected chi connectivity index (χ0v) is 10.3. The van der Waals surface area contributed by atoms with Crippen molar-refractivity contribution in [2.45, 2.75) is 19.4 Å². The van der Waals surface area contributed by atoms with E-state index in [0.717, 1.165) is 17.7 Å². The summed E-state index contributed by atoms with van der Waals surface area (Å²) in [5.74, 6) is -0.287. The summed E-state index contributed by atoms with van der Waals surface area (Å²) in [6.45, 7) is 3.70. The van der Waals surface area contributed by atoms with Crippen LogP contribution >= 0.6 is 0 Å². The van der Waals surface area contributed by atoms with Crippen molar-refractivity contribution in [2.24, 2.45) is 0 Å². The lowest BCUT2D eigenvalue weighted by atomic mass is 9.97. The van der Waals surface area contributed by atoms with Gasteiger partial charge in [0.2, 0.25) is 0 Å². The van der Waals surface area contributed by atoms with Crippen LogP contribution in [0.4, 0.5) is 9.18 Å². The second-order valence-electron chi connectivity index (χ2n) is 4.53. The summed E-state index contributed by atoms with van der Waals surface area (Å²) >= 11 is 0. The van der Waals surface area contributed by atoms with Crippen LogP contribution in [0.2, 0.25) is 0 Å². The highest BCUT2D eigenvalue weighted by Gasteiger charge is 2.27. The fourth-order valence-electron chi connectivity index (χ4n) is 2.44. The lowest BCUT2D eigenvalue weighted by Crippen LogP contribution is -2.35. The van der Waals surface area contributed by atoms with Crippen molar-refractivity contribution in [2.75, 3.05) is 19.6 Å². The lowest BCUT2D eigenvalue weighted by molar-refractivity contribution is 0.127. The number of carbonyl (C=O) groups is 1. The first-order valence-corrected chi connectivity index (χ1v) is 6.06. The standard InChI is InChI=1S/C13H17FN2O2/c1-9-8-10(14)2-3-11(9)12-4-5-15-6-7-16(12)13(17)18/h2-3,8,12,15H,4-7H2,1H3,(H,17,18). The number of nitrogens with one attached hydrogen (secondary N) is 1. The van der Waals surface area contributed by atoms with Gasteiger partial charge in [0.25, 0.3) is 0 Å². The number of carboxylic acid groups (broad SMARTS) is 1. The Morgan fingerprint density at radius 2 is 2.28 bits per heavy atom. The predicted octanol–water partition coefficient (Wildman–Crippen LogP) is 2.15. The summed E-state index contributed by atoms with van der Waals surface area (Å²) in [7, 11) is 0. The van der Waals surface area contributed by atoms with Gasteiger partial charge in [0.15, 0.2) is 0 Å². The molecule has 0 aliphatic carbocycles. The average Bonchev–Trinajstić information content (AvgIpc) is 2.54. The quantitative estimate of drug-likeness (QED) is 0.805. The Morgan fingerprint density at radius 3 is 2.94 bits per heavy atom. The third-order valence-corrected chi connectivity index (χ3v) is 3.34. The highest BCUT2D eigenvalue weighted by Crippen LogP contribution is 2.28. The Hall–Kier alpha value is -1.62. The van der Waals surface area contributed by atoms with Crippen LogP contribution in [-0.4, -0.2) is 35.7 Å². The largest absolute Gasteiger partial charge is 0.465 e. The van der Waals surface area contributed by atoms with Crippen LogP contribution in [0, 0.1) is 12.7 Å². The minimum absolute atomic E-state index is 0.196. The summed E-state index contributed by atoms with van der Waals surface area (Å²) in [5, 5.41) is 12.4. The normalized spacial score (nSPS) is 20.6. The molecule has 18 heavy (non-hydrogen) atoms. The van der Waals surface area contributed by atoms with E-state index in [0.29, 0.717) is 19.5 Å². The average molecular weight is 252 g/mol. The van der Waals surface area contributed by atoms with Gasteiger partial charge in [-0.1, -0.05) is 6.07 Å². The summed E-state index contributed by atoms with van der Waals surface area (Å²) < 4.78 is 13.1. The third-order valence-electron chi connectivity index (χ3n) is 3.34. The van der Waals surface area contributed by atoms with Crippen LogP contribution < -0.4 is 5.32 Å². The number of nitrogens with zero attached hydrogens (tertiary/aromatic N) is 1. The summed E-state index contributed by atoms with van der Waals surface area (Å²) in [6, 6.07) is 4.34. The molecule has 1 saturated heterocycles. The molecule has 5 heteroatoms. The molecular formula is C13H17FN2O2. The Morgan fingerprint density at radius 1 is 1.50 bits per heavy atom. The number of hydrogen-bond acceptors (Lipinski definition) is 2. The number of benzene rings is 1. The van der Waals surface area contributed by atoms with Gasteiger partial charge >= 0.3 is 6.09 Å². The van der Waals surface area contributed by atoms with Crippen molar-refractivity contribution in [1.29, 1.82) is 0 Å². The van der Waals surface area contributed by atoms with E-state index in [9.17, 15) is 14.3 Å². The zero-order valence-electron chi connectivity index (χ0n) is 10.3. The number of aryl methyl sites for hydroxylation is 1. The van der Waals surface area contributed by atoms with E-state index in [4.69, 9.17) is 0 Å². The molecule has 0 bridgehead atoms. The molecule has 1 aliphatic heterocycles. The lowest BCUT2D eigenvalue weighted by Gasteiger charge is -2.28. The molecule has 2 rings (SSSR count). The summed E-state index contributed by atoms with van der Waals surface area (Å²) in [5.41, 5.74) is 1.69. The second kappa shape index (κ2) is 5.35. The molecule has 0 saturated carbocycles. The molecule has 1 unspecified atom stereocenters. The van der Waals surface area contributed by atoms with Crippen molar-refractivity contribution < 1.29 is 14.3 Å². The van der Waals surface area contributed by atoms with E-state index < -0.39 is 6.09 Å². The molecule has 1 fully saturated rings. The van der Waals surface area contributed by atoms with Gasteiger partial charge in [-0.3, -0.25) is 4.90 Å². The first kappa shape index (κ1) is 12.8. The van der Waals surface area contributed by atoms with Crippen molar-refractivity contribution in [3.05, 3.63) is 35.1 Å². The number of amides is 1. The maximum Gasteiger partial charge on any atom is 0.407 e. The zero-order chi connectivity index (χ0) is 13.1. The first-order chi connectivity index (χ1) is 8.59. The van der Waals surface area contributed by atoms with E-state index >= 15 is 0 Å². The van der Waals surface area contributed by atoms with Crippen molar-refractivity contribution in [1.82, 2.24) is 10.2 Å². The van der Waals surface area contributed by atoms with Crippen LogP contribution in [0.25, 0.3) is 0 Å². The van der Waals surface area contributed by atoms with E-state index in [2.05, 4.69) is 5.32 Å². The molecule has 1 aliphatic rings. The summed E-state index contributed by atoms with van der Waals surface area (Å²) in [6.07, 6.45) is -0.217. The number of rotatable bonds is 1. The van der Waals surface area contributed by atoms with Crippen LogP contribution in [0.1, 0.15) is 23.6 Å². The fourth-order valence-corrected chi connectivity index (χ4v) is 2.44. The van der Waals surface area contributed by atoms with Gasteiger partial charge in [0, 0.05) is 13.1 Å². The molecule has 4 nitrogen and oxygen atoms in total. The Bertz CT molecular complexity index is 451. The molecule has 0 spiro atoms. The molecule has 2 N–H and O–H groups in total. The van der Waals surface area contributed by atoms with Crippen LogP contribution in [-0.2, 0) is 0 Å². The van der Waals surface area contributed by atoms with E-state index in [1.165, 1.54) is 17.0 Å². The van der Waals surface area contributed by atoms with Crippen molar-refractivity contribution in [3.63, 3.8) is 0 Å². The molecule has 1 amide bonds. The summed E-state index contributed by atoms with van der Waals surface area (Å²) in [4.78, 5) is 12.7. The Labute approximate surface area is 105 Å². The SMILES string of the molecule is Cc1cc(F)ccc1C1CCNCCN1C(=O)O. The van der Waals surface area contributed by atoms with Gasteiger partial charge in [0.1, 0.15) is 5.82 Å². The highest BCUT2D eigenvalue weighted by atomic mass is 19.1. The van der Waals surface area contributed by atoms with Crippen LogP contribution in [0.15, 0.2) is 18.2 Å². The fraction of sp³-hybridized carbons (Fsp3) is 0.462. The smallest absolute Gasteiger partial charge is 0.407 e. The van der Waals surface area contributed by atoms with Crippen LogP contribution in [0.5, 0.6) is 0 Å². The monoisotopic (exact) mass is 252 g/mol. The molecule has 98 valence electrons. The molecule has 0 radical (unpaired) electrons. The van der Waals surface area contributed by atoms with Gasteiger partial charge in [-0.2, -0.15) is 0 Å². The minimum Gasteiger partial charge on any atom is -0.465 e.